The molecule has 1 saturated heterocycles. The number of hydrogen-bond donors (Lipinski definition) is 0. The highest BCUT2D eigenvalue weighted by molar-refractivity contribution is 9.09. The van der Waals surface area contributed by atoms with E-state index in [1.807, 2.05) is 35.2 Å². The standard InChI is InChI=1S/C19H28BrNO2/c20-13-7-2-1-4-8-17-11-14-21(15-12-17)19(22)23-16-18-9-5-3-6-10-18/h3,5-6,9-10,17H,1-2,4,7-8,11-16H2. The molecule has 1 amide bonds. The maximum absolute atomic E-state index is 12.1. The number of carbonyl (C=O) groups excluding carboxylic acids is 1. The number of alkyl halides is 1. The van der Waals surface area contributed by atoms with Crippen molar-refractivity contribution < 1.29 is 9.53 Å². The van der Waals surface area contributed by atoms with E-state index in [-0.39, 0.29) is 6.09 Å². The Kier molecular flexibility index (Phi) is 8.51. The SMILES string of the molecule is O=C(OCc1ccccc1)N1CCC(CCCCCCBr)CC1. The van der Waals surface area contributed by atoms with Crippen LogP contribution in [0.25, 0.3) is 0 Å². The van der Waals surface area contributed by atoms with E-state index in [9.17, 15) is 4.79 Å². The highest BCUT2D eigenvalue weighted by Gasteiger charge is 2.23. The minimum Gasteiger partial charge on any atom is -0.445 e. The summed E-state index contributed by atoms with van der Waals surface area (Å²) in [5, 5.41) is 1.12. The van der Waals surface area contributed by atoms with Crippen LogP contribution in [0, 0.1) is 5.92 Å². The van der Waals surface area contributed by atoms with Crippen molar-refractivity contribution >= 4 is 22.0 Å². The van der Waals surface area contributed by atoms with Crippen LogP contribution in [0.1, 0.15) is 50.5 Å². The van der Waals surface area contributed by atoms with Crippen LogP contribution in [0.3, 0.4) is 0 Å². The fourth-order valence-corrected chi connectivity index (χ4v) is 3.49. The summed E-state index contributed by atoms with van der Waals surface area (Å²) in [4.78, 5) is 14.0. The molecule has 0 aromatic heterocycles. The van der Waals surface area contributed by atoms with Crippen molar-refractivity contribution in [1.82, 2.24) is 4.90 Å². The van der Waals surface area contributed by atoms with Crippen molar-refractivity contribution in [3.8, 4) is 0 Å². The summed E-state index contributed by atoms with van der Waals surface area (Å²) in [7, 11) is 0. The van der Waals surface area contributed by atoms with Crippen molar-refractivity contribution in [1.29, 1.82) is 0 Å². The Labute approximate surface area is 148 Å². The number of carbonyl (C=O) groups is 1. The third-order valence-electron chi connectivity index (χ3n) is 4.57. The fourth-order valence-electron chi connectivity index (χ4n) is 3.10. The predicted octanol–water partition coefficient (Wildman–Crippen LogP) is 5.38. The smallest absolute Gasteiger partial charge is 0.410 e. The minimum absolute atomic E-state index is 0.162. The van der Waals surface area contributed by atoms with Crippen LogP contribution in [-0.4, -0.2) is 29.4 Å². The summed E-state index contributed by atoms with van der Waals surface area (Å²) in [6.45, 7) is 2.06. The number of benzene rings is 1. The summed E-state index contributed by atoms with van der Waals surface area (Å²) in [6.07, 6.45) is 8.68. The van der Waals surface area contributed by atoms with E-state index < -0.39 is 0 Å². The topological polar surface area (TPSA) is 29.5 Å². The second kappa shape index (κ2) is 10.7. The number of likely N-dealkylation sites (tertiary alicyclic amines) is 1. The lowest BCUT2D eigenvalue weighted by Crippen LogP contribution is -2.38. The molecule has 1 aliphatic heterocycles. The van der Waals surface area contributed by atoms with Gasteiger partial charge in [-0.15, -0.1) is 0 Å². The number of nitrogens with zero attached hydrogens (tertiary/aromatic N) is 1. The zero-order chi connectivity index (χ0) is 16.3. The molecule has 128 valence electrons. The molecule has 0 unspecified atom stereocenters. The van der Waals surface area contributed by atoms with Gasteiger partial charge in [-0.05, 0) is 30.7 Å². The first kappa shape index (κ1) is 18.3. The maximum Gasteiger partial charge on any atom is 0.410 e. The largest absolute Gasteiger partial charge is 0.445 e. The molecule has 0 bridgehead atoms. The third kappa shape index (κ3) is 6.94. The minimum atomic E-state index is -0.162. The number of unbranched alkanes of at least 4 members (excludes halogenated alkanes) is 3. The summed E-state index contributed by atoms with van der Waals surface area (Å²) in [5.74, 6) is 0.789. The Balaban J connectivity index is 1.59. The van der Waals surface area contributed by atoms with Crippen LogP contribution >= 0.6 is 15.9 Å². The van der Waals surface area contributed by atoms with Crippen molar-refractivity contribution in [2.45, 2.75) is 51.6 Å². The van der Waals surface area contributed by atoms with Gasteiger partial charge in [0.15, 0.2) is 0 Å². The van der Waals surface area contributed by atoms with Crippen LogP contribution in [0.5, 0.6) is 0 Å². The third-order valence-corrected chi connectivity index (χ3v) is 5.13. The molecule has 1 aromatic rings. The van der Waals surface area contributed by atoms with Gasteiger partial charge >= 0.3 is 6.09 Å². The molecule has 0 saturated carbocycles. The molecule has 1 aliphatic rings. The van der Waals surface area contributed by atoms with Gasteiger partial charge in [0.1, 0.15) is 6.61 Å². The zero-order valence-corrected chi connectivity index (χ0v) is 15.5. The van der Waals surface area contributed by atoms with Crippen LogP contribution in [0.15, 0.2) is 30.3 Å². The normalized spacial score (nSPS) is 15.6. The Hall–Kier alpha value is -1.03. The first-order valence-corrected chi connectivity index (χ1v) is 9.93. The number of rotatable bonds is 8. The lowest BCUT2D eigenvalue weighted by molar-refractivity contribution is 0.0813. The number of piperidine rings is 1. The molecule has 0 N–H and O–H groups in total. The monoisotopic (exact) mass is 381 g/mol. The lowest BCUT2D eigenvalue weighted by atomic mass is 9.91. The van der Waals surface area contributed by atoms with Crippen molar-refractivity contribution in [3.63, 3.8) is 0 Å². The van der Waals surface area contributed by atoms with E-state index >= 15 is 0 Å². The predicted molar refractivity (Wildman–Crippen MR) is 97.8 cm³/mol. The summed E-state index contributed by atoms with van der Waals surface area (Å²) in [5.41, 5.74) is 1.04. The molecule has 0 radical (unpaired) electrons. The van der Waals surface area contributed by atoms with E-state index in [0.29, 0.717) is 6.61 Å². The molecular weight excluding hydrogens is 354 g/mol. The molecule has 1 heterocycles. The maximum atomic E-state index is 12.1. The van der Waals surface area contributed by atoms with E-state index in [1.165, 1.54) is 32.1 Å². The molecule has 0 aliphatic carbocycles. The van der Waals surface area contributed by atoms with Crippen LogP contribution in [0.2, 0.25) is 0 Å². The first-order chi connectivity index (χ1) is 11.3. The van der Waals surface area contributed by atoms with E-state index in [2.05, 4.69) is 15.9 Å². The molecule has 0 spiro atoms. The Morgan fingerprint density at radius 3 is 2.48 bits per heavy atom. The highest BCUT2D eigenvalue weighted by atomic mass is 79.9. The Morgan fingerprint density at radius 2 is 1.78 bits per heavy atom. The van der Waals surface area contributed by atoms with Gasteiger partial charge in [0.05, 0.1) is 0 Å². The summed E-state index contributed by atoms with van der Waals surface area (Å²) in [6, 6.07) is 9.86. The van der Waals surface area contributed by atoms with Crippen molar-refractivity contribution in [3.05, 3.63) is 35.9 Å². The van der Waals surface area contributed by atoms with Crippen LogP contribution in [-0.2, 0) is 11.3 Å². The van der Waals surface area contributed by atoms with Gasteiger partial charge in [-0.3, -0.25) is 0 Å². The van der Waals surface area contributed by atoms with Gasteiger partial charge in [-0.2, -0.15) is 0 Å². The average Bonchev–Trinajstić information content (AvgIpc) is 2.61. The molecule has 1 aromatic carbocycles. The van der Waals surface area contributed by atoms with Crippen LogP contribution in [0.4, 0.5) is 4.79 Å². The highest BCUT2D eigenvalue weighted by Crippen LogP contribution is 2.23. The average molecular weight is 382 g/mol. The summed E-state index contributed by atoms with van der Waals surface area (Å²) < 4.78 is 5.41. The lowest BCUT2D eigenvalue weighted by Gasteiger charge is -2.31. The van der Waals surface area contributed by atoms with Gasteiger partial charge in [0, 0.05) is 18.4 Å². The molecule has 1 fully saturated rings. The first-order valence-electron chi connectivity index (χ1n) is 8.81. The van der Waals surface area contributed by atoms with E-state index in [4.69, 9.17) is 4.74 Å². The fraction of sp³-hybridized carbons (Fsp3) is 0.632. The molecular formula is C19H28BrNO2. The number of ether oxygens (including phenoxy) is 1. The molecule has 4 heteroatoms. The Morgan fingerprint density at radius 1 is 1.09 bits per heavy atom. The molecule has 0 atom stereocenters. The van der Waals surface area contributed by atoms with Gasteiger partial charge in [-0.25, -0.2) is 4.79 Å². The van der Waals surface area contributed by atoms with Crippen molar-refractivity contribution in [2.24, 2.45) is 5.92 Å². The van der Waals surface area contributed by atoms with E-state index in [1.54, 1.807) is 0 Å². The molecule has 2 rings (SSSR count). The van der Waals surface area contributed by atoms with Gasteiger partial charge < -0.3 is 9.64 Å². The second-order valence-electron chi connectivity index (χ2n) is 6.36. The van der Waals surface area contributed by atoms with E-state index in [0.717, 1.165) is 42.7 Å². The van der Waals surface area contributed by atoms with Gasteiger partial charge in [-0.1, -0.05) is 71.9 Å². The van der Waals surface area contributed by atoms with Gasteiger partial charge in [0.25, 0.3) is 0 Å². The Bertz CT molecular complexity index is 444. The van der Waals surface area contributed by atoms with Crippen LogP contribution < -0.4 is 0 Å². The van der Waals surface area contributed by atoms with Gasteiger partial charge in [0.2, 0.25) is 0 Å². The number of halogens is 1. The number of hydrogen-bond acceptors (Lipinski definition) is 2. The number of amides is 1. The zero-order valence-electron chi connectivity index (χ0n) is 13.9. The summed E-state index contributed by atoms with van der Waals surface area (Å²) >= 11 is 3.48. The quantitative estimate of drug-likeness (QED) is 0.446. The van der Waals surface area contributed by atoms with Crippen molar-refractivity contribution in [2.75, 3.05) is 18.4 Å². The second-order valence-corrected chi connectivity index (χ2v) is 7.16. The molecule has 3 nitrogen and oxygen atoms in total. The molecule has 23 heavy (non-hydrogen) atoms.